The topological polar surface area (TPSA) is 56.7 Å². The van der Waals surface area contributed by atoms with Crippen molar-refractivity contribution in [2.75, 3.05) is 26.2 Å². The van der Waals surface area contributed by atoms with Crippen LogP contribution in [0.5, 0.6) is 0 Å². The van der Waals surface area contributed by atoms with Crippen molar-refractivity contribution in [1.82, 2.24) is 14.8 Å². The van der Waals surface area contributed by atoms with E-state index < -0.39 is 0 Å². The number of aliphatic hydroxyl groups excluding tert-OH is 1. The van der Waals surface area contributed by atoms with Gasteiger partial charge in [0.05, 0.1) is 17.3 Å². The minimum atomic E-state index is -0.191. The zero-order valence-corrected chi connectivity index (χ0v) is 13.1. The molecule has 6 heteroatoms. The first-order valence-corrected chi connectivity index (χ1v) is 8.73. The van der Waals surface area contributed by atoms with E-state index in [0.717, 1.165) is 64.1 Å². The van der Waals surface area contributed by atoms with Crippen molar-refractivity contribution in [3.8, 4) is 0 Å². The predicted octanol–water partition coefficient (Wildman–Crippen LogP) is 1.34. The van der Waals surface area contributed by atoms with E-state index in [2.05, 4.69) is 15.3 Å². The van der Waals surface area contributed by atoms with E-state index in [1.165, 1.54) is 0 Å². The Labute approximate surface area is 129 Å². The van der Waals surface area contributed by atoms with Gasteiger partial charge < -0.3 is 10.0 Å². The Morgan fingerprint density at radius 1 is 1.24 bits per heavy atom. The Morgan fingerprint density at radius 2 is 1.95 bits per heavy atom. The number of hydrogen-bond acceptors (Lipinski definition) is 5. The lowest BCUT2D eigenvalue weighted by atomic mass is 9.86. The highest BCUT2D eigenvalue weighted by Crippen LogP contribution is 2.26. The van der Waals surface area contributed by atoms with E-state index in [1.54, 1.807) is 11.3 Å². The molecule has 2 fully saturated rings. The first kappa shape index (κ1) is 14.9. The van der Waals surface area contributed by atoms with Crippen LogP contribution in [0.2, 0.25) is 0 Å². The van der Waals surface area contributed by atoms with Gasteiger partial charge in [0.1, 0.15) is 0 Å². The lowest BCUT2D eigenvalue weighted by molar-refractivity contribution is -0.139. The second-order valence-corrected chi connectivity index (χ2v) is 6.81. The summed E-state index contributed by atoms with van der Waals surface area (Å²) in [4.78, 5) is 21.2. The molecular weight excluding hydrogens is 286 g/mol. The lowest BCUT2D eigenvalue weighted by Gasteiger charge is -2.37. The number of aromatic nitrogens is 1. The third kappa shape index (κ3) is 3.81. The number of hydrogen-bond donors (Lipinski definition) is 1. The smallest absolute Gasteiger partial charge is 0.225 e. The summed E-state index contributed by atoms with van der Waals surface area (Å²) in [5.41, 5.74) is 2.99. The van der Waals surface area contributed by atoms with E-state index in [9.17, 15) is 9.90 Å². The third-order valence-electron chi connectivity index (χ3n) is 4.60. The van der Waals surface area contributed by atoms with Gasteiger partial charge in [0.25, 0.3) is 0 Å². The molecule has 1 aliphatic carbocycles. The summed E-state index contributed by atoms with van der Waals surface area (Å²) in [6, 6.07) is 0. The molecule has 0 radical (unpaired) electrons. The maximum absolute atomic E-state index is 12.5. The van der Waals surface area contributed by atoms with E-state index in [1.807, 2.05) is 10.4 Å². The molecule has 1 aliphatic heterocycles. The fourth-order valence-electron chi connectivity index (χ4n) is 3.25. The fourth-order valence-corrected chi connectivity index (χ4v) is 3.80. The largest absolute Gasteiger partial charge is 0.393 e. The highest BCUT2D eigenvalue weighted by Gasteiger charge is 2.30. The second-order valence-electron chi connectivity index (χ2n) is 6.09. The van der Waals surface area contributed by atoms with Crippen LogP contribution in [0.3, 0.4) is 0 Å². The van der Waals surface area contributed by atoms with Crippen LogP contribution in [0.15, 0.2) is 10.9 Å². The van der Waals surface area contributed by atoms with Crippen molar-refractivity contribution in [2.45, 2.75) is 38.3 Å². The molecule has 0 bridgehead atoms. The van der Waals surface area contributed by atoms with Crippen LogP contribution in [0.1, 0.15) is 31.4 Å². The van der Waals surface area contributed by atoms with Crippen molar-refractivity contribution >= 4 is 17.2 Å². The third-order valence-corrected chi connectivity index (χ3v) is 5.23. The Hall–Kier alpha value is -0.980. The molecule has 0 spiro atoms. The van der Waals surface area contributed by atoms with Gasteiger partial charge in [0.15, 0.2) is 0 Å². The Kier molecular flexibility index (Phi) is 4.87. The highest BCUT2D eigenvalue weighted by atomic mass is 32.1. The standard InChI is InChI=1S/C15H23N3O2S/c19-14-3-1-12(2-4-14)15(20)18-7-5-17(6-8-18)9-13-10-21-11-16-13/h10-12,14,19H,1-9H2. The first-order valence-electron chi connectivity index (χ1n) is 7.78. The molecule has 1 N–H and O–H groups in total. The molecule has 1 saturated heterocycles. The molecule has 0 unspecified atom stereocenters. The number of carbonyl (C=O) groups excluding carboxylic acids is 1. The van der Waals surface area contributed by atoms with Crippen LogP contribution >= 0.6 is 11.3 Å². The van der Waals surface area contributed by atoms with Crippen LogP contribution in [0.25, 0.3) is 0 Å². The van der Waals surface area contributed by atoms with Gasteiger partial charge in [0.2, 0.25) is 5.91 Å². The average Bonchev–Trinajstić information content (AvgIpc) is 3.01. The zero-order chi connectivity index (χ0) is 14.7. The minimum Gasteiger partial charge on any atom is -0.393 e. The number of nitrogens with zero attached hydrogens (tertiary/aromatic N) is 3. The van der Waals surface area contributed by atoms with Gasteiger partial charge in [-0.25, -0.2) is 4.98 Å². The van der Waals surface area contributed by atoms with Crippen molar-refractivity contribution in [2.24, 2.45) is 5.92 Å². The van der Waals surface area contributed by atoms with Crippen LogP contribution in [0.4, 0.5) is 0 Å². The van der Waals surface area contributed by atoms with Gasteiger partial charge >= 0.3 is 0 Å². The molecule has 1 amide bonds. The molecule has 116 valence electrons. The monoisotopic (exact) mass is 309 g/mol. The van der Waals surface area contributed by atoms with E-state index in [4.69, 9.17) is 0 Å². The van der Waals surface area contributed by atoms with E-state index in [-0.39, 0.29) is 12.0 Å². The summed E-state index contributed by atoms with van der Waals surface area (Å²) in [5, 5.41) is 11.6. The Morgan fingerprint density at radius 3 is 2.57 bits per heavy atom. The number of rotatable bonds is 3. The highest BCUT2D eigenvalue weighted by molar-refractivity contribution is 7.07. The van der Waals surface area contributed by atoms with Crippen LogP contribution in [-0.4, -0.2) is 58.1 Å². The van der Waals surface area contributed by atoms with Crippen molar-refractivity contribution in [3.63, 3.8) is 0 Å². The predicted molar refractivity (Wildman–Crippen MR) is 81.9 cm³/mol. The maximum Gasteiger partial charge on any atom is 0.225 e. The van der Waals surface area contributed by atoms with Gasteiger partial charge in [-0.15, -0.1) is 11.3 Å². The summed E-state index contributed by atoms with van der Waals surface area (Å²) in [5.74, 6) is 0.439. The van der Waals surface area contributed by atoms with Crippen molar-refractivity contribution < 1.29 is 9.90 Å². The molecule has 1 saturated carbocycles. The summed E-state index contributed by atoms with van der Waals surface area (Å²) in [6.45, 7) is 4.39. The van der Waals surface area contributed by atoms with Gasteiger partial charge in [-0.1, -0.05) is 0 Å². The number of thiazole rings is 1. The molecule has 0 aromatic carbocycles. The average molecular weight is 309 g/mol. The van der Waals surface area contributed by atoms with E-state index >= 15 is 0 Å². The zero-order valence-electron chi connectivity index (χ0n) is 12.3. The minimum absolute atomic E-state index is 0.137. The number of aliphatic hydroxyl groups is 1. The SMILES string of the molecule is O=C(C1CCC(O)CC1)N1CCN(Cc2cscn2)CC1. The summed E-state index contributed by atoms with van der Waals surface area (Å²) < 4.78 is 0. The molecule has 2 heterocycles. The Balaban J connectivity index is 1.45. The molecule has 1 aromatic heterocycles. The molecule has 21 heavy (non-hydrogen) atoms. The molecule has 3 rings (SSSR count). The molecule has 1 aromatic rings. The quantitative estimate of drug-likeness (QED) is 0.915. The van der Waals surface area contributed by atoms with Gasteiger partial charge in [-0.05, 0) is 25.7 Å². The second kappa shape index (κ2) is 6.85. The molecule has 5 nitrogen and oxygen atoms in total. The van der Waals surface area contributed by atoms with Gasteiger partial charge in [-0.3, -0.25) is 9.69 Å². The maximum atomic E-state index is 12.5. The molecule has 2 aliphatic rings. The van der Waals surface area contributed by atoms with E-state index in [0.29, 0.717) is 5.91 Å². The van der Waals surface area contributed by atoms with Gasteiger partial charge in [-0.2, -0.15) is 0 Å². The number of amides is 1. The molecular formula is C15H23N3O2S. The Bertz CT molecular complexity index is 449. The summed E-state index contributed by atoms with van der Waals surface area (Å²) >= 11 is 1.63. The normalized spacial score (nSPS) is 27.8. The summed E-state index contributed by atoms with van der Waals surface area (Å²) in [6.07, 6.45) is 3.06. The van der Waals surface area contributed by atoms with Crippen LogP contribution in [-0.2, 0) is 11.3 Å². The van der Waals surface area contributed by atoms with Crippen LogP contribution < -0.4 is 0 Å². The fraction of sp³-hybridized carbons (Fsp3) is 0.733. The number of carbonyl (C=O) groups is 1. The lowest BCUT2D eigenvalue weighted by Crippen LogP contribution is -2.50. The van der Waals surface area contributed by atoms with Crippen molar-refractivity contribution in [3.05, 3.63) is 16.6 Å². The first-order chi connectivity index (χ1) is 10.2. The van der Waals surface area contributed by atoms with Crippen molar-refractivity contribution in [1.29, 1.82) is 0 Å². The van der Waals surface area contributed by atoms with Gasteiger partial charge in [0, 0.05) is 44.0 Å². The molecule has 0 atom stereocenters. The summed E-state index contributed by atoms with van der Waals surface area (Å²) in [7, 11) is 0. The number of piperazine rings is 1. The van der Waals surface area contributed by atoms with Crippen LogP contribution in [0, 0.1) is 5.92 Å².